The molecule has 2 N–H and O–H groups in total. The van der Waals surface area contributed by atoms with E-state index in [1.807, 2.05) is 0 Å². The minimum atomic E-state index is -1.01. The monoisotopic (exact) mass is 400 g/mol. The summed E-state index contributed by atoms with van der Waals surface area (Å²) in [5.74, 6) is 2.50. The Balaban J connectivity index is 4.38. The number of ether oxygens (including phenoxy) is 3. The SMILES string of the molecule is C#CCCCC(O)N(CCOCCNC(=O)OC(C)(C)C)C(=O)OC(C)(C)C. The summed E-state index contributed by atoms with van der Waals surface area (Å²) in [4.78, 5) is 25.1. The summed E-state index contributed by atoms with van der Waals surface area (Å²) in [5, 5.41) is 12.9. The highest BCUT2D eigenvalue weighted by atomic mass is 16.6. The zero-order valence-corrected chi connectivity index (χ0v) is 18.0. The van der Waals surface area contributed by atoms with Crippen molar-refractivity contribution in [3.05, 3.63) is 0 Å². The van der Waals surface area contributed by atoms with Crippen LogP contribution in [-0.4, -0.2) is 65.9 Å². The molecule has 0 aromatic heterocycles. The molecule has 28 heavy (non-hydrogen) atoms. The van der Waals surface area contributed by atoms with Crippen LogP contribution in [0.25, 0.3) is 0 Å². The van der Waals surface area contributed by atoms with Crippen LogP contribution in [0.4, 0.5) is 9.59 Å². The number of hydrogen-bond donors (Lipinski definition) is 2. The van der Waals surface area contributed by atoms with E-state index in [1.54, 1.807) is 41.5 Å². The van der Waals surface area contributed by atoms with E-state index in [0.29, 0.717) is 19.3 Å². The Bertz CT molecular complexity index is 516. The zero-order chi connectivity index (χ0) is 21.8. The van der Waals surface area contributed by atoms with Gasteiger partial charge in [-0.2, -0.15) is 0 Å². The van der Waals surface area contributed by atoms with Gasteiger partial charge in [-0.05, 0) is 54.4 Å². The van der Waals surface area contributed by atoms with Crippen LogP contribution >= 0.6 is 0 Å². The van der Waals surface area contributed by atoms with Crippen LogP contribution in [0.1, 0.15) is 60.8 Å². The van der Waals surface area contributed by atoms with E-state index in [0.717, 1.165) is 0 Å². The van der Waals surface area contributed by atoms with Crippen LogP contribution in [0, 0.1) is 12.3 Å². The third-order valence-corrected chi connectivity index (χ3v) is 3.16. The Kier molecular flexibility index (Phi) is 11.6. The maximum Gasteiger partial charge on any atom is 0.412 e. The van der Waals surface area contributed by atoms with Gasteiger partial charge in [-0.25, -0.2) is 9.59 Å². The number of aliphatic hydroxyl groups excluding tert-OH is 1. The number of amides is 2. The van der Waals surface area contributed by atoms with Crippen LogP contribution in [0.2, 0.25) is 0 Å². The molecule has 0 aliphatic heterocycles. The average Bonchev–Trinajstić information content (AvgIpc) is 2.50. The van der Waals surface area contributed by atoms with Crippen molar-refractivity contribution in [1.29, 1.82) is 0 Å². The van der Waals surface area contributed by atoms with Crippen molar-refractivity contribution in [2.24, 2.45) is 0 Å². The van der Waals surface area contributed by atoms with Crippen LogP contribution in [-0.2, 0) is 14.2 Å². The van der Waals surface area contributed by atoms with Crippen LogP contribution in [0.5, 0.6) is 0 Å². The van der Waals surface area contributed by atoms with Crippen molar-refractivity contribution in [1.82, 2.24) is 10.2 Å². The Labute approximate surface area is 168 Å². The van der Waals surface area contributed by atoms with Gasteiger partial charge >= 0.3 is 12.2 Å². The van der Waals surface area contributed by atoms with Crippen molar-refractivity contribution in [3.8, 4) is 12.3 Å². The summed E-state index contributed by atoms with van der Waals surface area (Å²) in [6.45, 7) is 11.5. The van der Waals surface area contributed by atoms with Gasteiger partial charge in [0.25, 0.3) is 0 Å². The molecule has 0 aromatic rings. The van der Waals surface area contributed by atoms with Gasteiger partial charge in [0, 0.05) is 19.5 Å². The maximum absolute atomic E-state index is 12.3. The molecule has 0 saturated carbocycles. The number of alkyl carbamates (subject to hydrolysis) is 1. The number of terminal acetylenes is 1. The normalized spacial score (nSPS) is 12.6. The fraction of sp³-hybridized carbons (Fsp3) is 0.800. The van der Waals surface area contributed by atoms with Crippen molar-refractivity contribution in [2.45, 2.75) is 78.2 Å². The van der Waals surface area contributed by atoms with Gasteiger partial charge in [0.1, 0.15) is 17.4 Å². The van der Waals surface area contributed by atoms with Gasteiger partial charge in [-0.15, -0.1) is 12.3 Å². The highest BCUT2D eigenvalue weighted by Gasteiger charge is 2.26. The van der Waals surface area contributed by atoms with Gasteiger partial charge in [0.15, 0.2) is 0 Å². The summed E-state index contributed by atoms with van der Waals surface area (Å²) in [6.07, 6.45) is 4.55. The molecule has 162 valence electrons. The lowest BCUT2D eigenvalue weighted by Crippen LogP contribution is -2.45. The van der Waals surface area contributed by atoms with Crippen molar-refractivity contribution in [3.63, 3.8) is 0 Å². The zero-order valence-electron chi connectivity index (χ0n) is 18.0. The Hall–Kier alpha value is -1.98. The fourth-order valence-corrected chi connectivity index (χ4v) is 2.03. The van der Waals surface area contributed by atoms with E-state index in [4.69, 9.17) is 20.6 Å². The quantitative estimate of drug-likeness (QED) is 0.332. The molecule has 0 radical (unpaired) electrons. The number of carbonyl (C=O) groups excluding carboxylic acids is 2. The molecule has 8 nitrogen and oxygen atoms in total. The highest BCUT2D eigenvalue weighted by Crippen LogP contribution is 2.14. The molecule has 0 rings (SSSR count). The predicted molar refractivity (Wildman–Crippen MR) is 107 cm³/mol. The molecular formula is C20H36N2O6. The molecule has 0 spiro atoms. The average molecular weight is 401 g/mol. The standard InChI is InChI=1S/C20H36N2O6/c1-8-9-10-11-16(23)22(18(25)28-20(5,6)7)13-15-26-14-12-21-17(24)27-19(2,3)4/h1,16,23H,9-15H2,2-7H3,(H,21,24). The number of carbonyl (C=O) groups is 2. The van der Waals surface area contributed by atoms with Crippen LogP contribution in [0.15, 0.2) is 0 Å². The number of rotatable bonds is 10. The lowest BCUT2D eigenvalue weighted by atomic mass is 10.2. The first-order valence-corrected chi connectivity index (χ1v) is 9.51. The van der Waals surface area contributed by atoms with Gasteiger partial charge < -0.3 is 24.6 Å². The number of unbranched alkanes of at least 4 members (excludes halogenated alkanes) is 1. The molecule has 0 aromatic carbocycles. The first kappa shape index (κ1) is 26.0. The molecule has 0 saturated heterocycles. The third-order valence-electron chi connectivity index (χ3n) is 3.16. The Morgan fingerprint density at radius 3 is 2.25 bits per heavy atom. The van der Waals surface area contributed by atoms with E-state index in [-0.39, 0.29) is 26.3 Å². The molecule has 0 fully saturated rings. The first-order valence-electron chi connectivity index (χ1n) is 9.51. The van der Waals surface area contributed by atoms with Crippen LogP contribution < -0.4 is 5.32 Å². The van der Waals surface area contributed by atoms with E-state index in [9.17, 15) is 14.7 Å². The van der Waals surface area contributed by atoms with Crippen molar-refractivity contribution < 1.29 is 28.9 Å². The molecule has 0 heterocycles. The minimum Gasteiger partial charge on any atom is -0.444 e. The number of nitrogens with one attached hydrogen (secondary N) is 1. The van der Waals surface area contributed by atoms with E-state index >= 15 is 0 Å². The summed E-state index contributed by atoms with van der Waals surface area (Å²) in [5.41, 5.74) is -1.24. The first-order chi connectivity index (χ1) is 12.9. The number of nitrogens with zero attached hydrogens (tertiary/aromatic N) is 1. The molecular weight excluding hydrogens is 364 g/mol. The largest absolute Gasteiger partial charge is 0.444 e. The van der Waals surface area contributed by atoms with E-state index < -0.39 is 29.6 Å². The number of aliphatic hydroxyl groups is 1. The fourth-order valence-electron chi connectivity index (χ4n) is 2.03. The lowest BCUT2D eigenvalue weighted by Gasteiger charge is -2.30. The topological polar surface area (TPSA) is 97.3 Å². The third kappa shape index (κ3) is 14.1. The second-order valence-electron chi connectivity index (χ2n) is 8.29. The van der Waals surface area contributed by atoms with E-state index in [1.165, 1.54) is 4.90 Å². The molecule has 1 unspecified atom stereocenters. The molecule has 0 aliphatic rings. The number of hydrogen-bond acceptors (Lipinski definition) is 6. The second-order valence-corrected chi connectivity index (χ2v) is 8.29. The van der Waals surface area contributed by atoms with Crippen LogP contribution in [0.3, 0.4) is 0 Å². The summed E-state index contributed by atoms with van der Waals surface area (Å²) in [7, 11) is 0. The Morgan fingerprint density at radius 2 is 1.71 bits per heavy atom. The van der Waals surface area contributed by atoms with Crippen molar-refractivity contribution in [2.75, 3.05) is 26.3 Å². The summed E-state index contributed by atoms with van der Waals surface area (Å²) in [6, 6.07) is 0. The van der Waals surface area contributed by atoms with Gasteiger partial charge in [-0.3, -0.25) is 4.90 Å². The molecule has 8 heteroatoms. The summed E-state index contributed by atoms with van der Waals surface area (Å²) >= 11 is 0. The summed E-state index contributed by atoms with van der Waals surface area (Å²) < 4.78 is 15.9. The highest BCUT2D eigenvalue weighted by molar-refractivity contribution is 5.68. The molecule has 1 atom stereocenters. The van der Waals surface area contributed by atoms with E-state index in [2.05, 4.69) is 11.2 Å². The maximum atomic E-state index is 12.3. The lowest BCUT2D eigenvalue weighted by molar-refractivity contribution is -0.0424. The van der Waals surface area contributed by atoms with Gasteiger partial charge in [0.2, 0.25) is 0 Å². The smallest absolute Gasteiger partial charge is 0.412 e. The molecule has 0 aliphatic carbocycles. The Morgan fingerprint density at radius 1 is 1.11 bits per heavy atom. The van der Waals surface area contributed by atoms with Gasteiger partial charge in [-0.1, -0.05) is 0 Å². The van der Waals surface area contributed by atoms with Gasteiger partial charge in [0.05, 0.1) is 13.2 Å². The molecule has 0 bridgehead atoms. The molecule has 2 amide bonds. The second kappa shape index (κ2) is 12.5. The van der Waals surface area contributed by atoms with Crippen molar-refractivity contribution >= 4 is 12.2 Å². The predicted octanol–water partition coefficient (Wildman–Crippen LogP) is 2.89. The minimum absolute atomic E-state index is 0.151.